The molecule has 0 atom stereocenters. The predicted molar refractivity (Wildman–Crippen MR) is 65.0 cm³/mol. The van der Waals surface area contributed by atoms with Crippen molar-refractivity contribution >= 4 is 0 Å². The maximum absolute atomic E-state index is 9.81. The van der Waals surface area contributed by atoms with Gasteiger partial charge in [0, 0.05) is 5.56 Å². The summed E-state index contributed by atoms with van der Waals surface area (Å²) in [6, 6.07) is 9.18. The minimum absolute atomic E-state index is 0.146. The number of hydrogen-bond donors (Lipinski definition) is 1. The molecule has 0 heterocycles. The van der Waals surface area contributed by atoms with Crippen molar-refractivity contribution in [2.75, 3.05) is 0 Å². The fourth-order valence-electron chi connectivity index (χ4n) is 1.83. The number of nitrogens with zero attached hydrogens (tertiary/aromatic N) is 1. The van der Waals surface area contributed by atoms with Crippen LogP contribution in [0.15, 0.2) is 49.6 Å². The van der Waals surface area contributed by atoms with E-state index >= 15 is 0 Å². The largest absolute Gasteiger partial charge is 0.508 e. The molecule has 0 aliphatic rings. The molecule has 0 spiro atoms. The molecule has 0 aliphatic carbocycles. The fourth-order valence-corrected chi connectivity index (χ4v) is 1.83. The maximum Gasteiger partial charge on any atom is 0.120 e. The van der Waals surface area contributed by atoms with Crippen molar-refractivity contribution in [3.05, 3.63) is 55.1 Å². The number of nitriles is 1. The SMILES string of the molecule is C=CCC(C#N)(CC=C)c1ccccc1O. The van der Waals surface area contributed by atoms with Gasteiger partial charge in [-0.05, 0) is 18.9 Å². The molecule has 1 aromatic rings. The molecule has 1 N–H and O–H groups in total. The van der Waals surface area contributed by atoms with Crippen molar-refractivity contribution < 1.29 is 5.11 Å². The first kappa shape index (κ1) is 12.1. The van der Waals surface area contributed by atoms with Crippen LogP contribution in [-0.4, -0.2) is 5.11 Å². The zero-order chi connectivity index (χ0) is 12.0. The zero-order valence-corrected chi connectivity index (χ0v) is 9.19. The third kappa shape index (κ3) is 2.14. The molecular formula is C14H15NO. The van der Waals surface area contributed by atoms with Gasteiger partial charge in [-0.25, -0.2) is 0 Å². The zero-order valence-electron chi connectivity index (χ0n) is 9.19. The van der Waals surface area contributed by atoms with Gasteiger partial charge in [0.1, 0.15) is 5.75 Å². The third-order valence-corrected chi connectivity index (χ3v) is 2.62. The Morgan fingerprint density at radius 1 is 1.25 bits per heavy atom. The Balaban J connectivity index is 3.30. The Kier molecular flexibility index (Phi) is 3.90. The van der Waals surface area contributed by atoms with Crippen LogP contribution in [0.25, 0.3) is 0 Å². The van der Waals surface area contributed by atoms with Gasteiger partial charge in [-0.15, -0.1) is 13.2 Å². The lowest BCUT2D eigenvalue weighted by atomic mass is 9.76. The van der Waals surface area contributed by atoms with E-state index in [0.29, 0.717) is 18.4 Å². The molecule has 0 amide bonds. The van der Waals surface area contributed by atoms with E-state index in [1.54, 1.807) is 30.4 Å². The minimum Gasteiger partial charge on any atom is -0.508 e. The highest BCUT2D eigenvalue weighted by Crippen LogP contribution is 2.37. The van der Waals surface area contributed by atoms with Crippen LogP contribution in [0.1, 0.15) is 18.4 Å². The van der Waals surface area contributed by atoms with E-state index in [1.165, 1.54) is 0 Å². The van der Waals surface area contributed by atoms with Gasteiger partial charge in [0.15, 0.2) is 0 Å². The highest BCUT2D eigenvalue weighted by Gasteiger charge is 2.31. The first-order chi connectivity index (χ1) is 7.70. The molecule has 16 heavy (non-hydrogen) atoms. The smallest absolute Gasteiger partial charge is 0.120 e. The fraction of sp³-hybridized carbons (Fsp3) is 0.214. The first-order valence-electron chi connectivity index (χ1n) is 5.11. The number of rotatable bonds is 5. The number of aromatic hydroxyl groups is 1. The van der Waals surface area contributed by atoms with E-state index in [0.717, 1.165) is 0 Å². The summed E-state index contributed by atoms with van der Waals surface area (Å²) >= 11 is 0. The van der Waals surface area contributed by atoms with Crippen LogP contribution < -0.4 is 0 Å². The summed E-state index contributed by atoms with van der Waals surface area (Å²) < 4.78 is 0. The van der Waals surface area contributed by atoms with Gasteiger partial charge in [-0.3, -0.25) is 0 Å². The van der Waals surface area contributed by atoms with Gasteiger partial charge in [0.25, 0.3) is 0 Å². The van der Waals surface area contributed by atoms with Crippen molar-refractivity contribution in [3.63, 3.8) is 0 Å². The number of benzene rings is 1. The summed E-state index contributed by atoms with van der Waals surface area (Å²) in [7, 11) is 0. The van der Waals surface area contributed by atoms with E-state index in [-0.39, 0.29) is 5.75 Å². The summed E-state index contributed by atoms with van der Waals surface area (Å²) in [5.41, 5.74) is -0.119. The van der Waals surface area contributed by atoms with Crippen LogP contribution in [0.4, 0.5) is 0 Å². The monoisotopic (exact) mass is 213 g/mol. The molecular weight excluding hydrogens is 198 g/mol. The molecule has 0 fully saturated rings. The molecule has 0 saturated heterocycles. The molecule has 0 unspecified atom stereocenters. The predicted octanol–water partition coefficient (Wildman–Crippen LogP) is 3.31. The van der Waals surface area contributed by atoms with Crippen molar-refractivity contribution in [3.8, 4) is 11.8 Å². The molecule has 0 saturated carbocycles. The van der Waals surface area contributed by atoms with E-state index in [1.807, 2.05) is 6.07 Å². The molecule has 82 valence electrons. The lowest BCUT2D eigenvalue weighted by molar-refractivity contribution is 0.444. The van der Waals surface area contributed by atoms with Gasteiger partial charge in [-0.1, -0.05) is 30.4 Å². The number of phenols is 1. The van der Waals surface area contributed by atoms with Gasteiger partial charge < -0.3 is 5.11 Å². The second-order valence-electron chi connectivity index (χ2n) is 3.70. The average Bonchev–Trinajstić information content (AvgIpc) is 2.29. The molecule has 1 rings (SSSR count). The maximum atomic E-state index is 9.81. The van der Waals surface area contributed by atoms with Crippen molar-refractivity contribution in [2.24, 2.45) is 0 Å². The molecule has 1 aromatic carbocycles. The summed E-state index contributed by atoms with van der Waals surface area (Å²) in [4.78, 5) is 0. The van der Waals surface area contributed by atoms with Crippen molar-refractivity contribution in [1.29, 1.82) is 5.26 Å². The van der Waals surface area contributed by atoms with Crippen LogP contribution in [0.5, 0.6) is 5.75 Å². The molecule has 0 aromatic heterocycles. The van der Waals surface area contributed by atoms with Crippen LogP contribution >= 0.6 is 0 Å². The highest BCUT2D eigenvalue weighted by molar-refractivity contribution is 5.44. The summed E-state index contributed by atoms with van der Waals surface area (Å²) in [6.07, 6.45) is 4.37. The van der Waals surface area contributed by atoms with E-state index in [9.17, 15) is 10.4 Å². The van der Waals surface area contributed by atoms with Gasteiger partial charge in [-0.2, -0.15) is 5.26 Å². The normalized spacial score (nSPS) is 10.4. The highest BCUT2D eigenvalue weighted by atomic mass is 16.3. The number of para-hydroxylation sites is 1. The Morgan fingerprint density at radius 3 is 2.25 bits per heavy atom. The molecule has 0 radical (unpaired) electrons. The first-order valence-corrected chi connectivity index (χ1v) is 5.11. The average molecular weight is 213 g/mol. The Labute approximate surface area is 96.2 Å². The Morgan fingerprint density at radius 2 is 1.81 bits per heavy atom. The van der Waals surface area contributed by atoms with Crippen LogP contribution in [0.3, 0.4) is 0 Å². The summed E-state index contributed by atoms with van der Waals surface area (Å²) in [5.74, 6) is 0.146. The Hall–Kier alpha value is -2.01. The third-order valence-electron chi connectivity index (χ3n) is 2.62. The van der Waals surface area contributed by atoms with Crippen molar-refractivity contribution in [2.45, 2.75) is 18.3 Å². The number of phenolic OH excluding ortho intramolecular Hbond substituents is 1. The second-order valence-corrected chi connectivity index (χ2v) is 3.70. The number of allylic oxidation sites excluding steroid dienone is 2. The Bertz CT molecular complexity index is 419. The summed E-state index contributed by atoms with van der Waals surface area (Å²) in [6.45, 7) is 7.33. The quantitative estimate of drug-likeness (QED) is 0.762. The lowest BCUT2D eigenvalue weighted by Crippen LogP contribution is -2.22. The van der Waals surface area contributed by atoms with Crippen LogP contribution in [-0.2, 0) is 5.41 Å². The van der Waals surface area contributed by atoms with Crippen molar-refractivity contribution in [1.82, 2.24) is 0 Å². The molecule has 2 heteroatoms. The van der Waals surface area contributed by atoms with Gasteiger partial charge in [0.05, 0.1) is 11.5 Å². The van der Waals surface area contributed by atoms with Gasteiger partial charge in [0.2, 0.25) is 0 Å². The van der Waals surface area contributed by atoms with E-state index in [4.69, 9.17) is 0 Å². The molecule has 2 nitrogen and oxygen atoms in total. The second kappa shape index (κ2) is 5.18. The topological polar surface area (TPSA) is 44.0 Å². The lowest BCUT2D eigenvalue weighted by Gasteiger charge is -2.25. The standard InChI is InChI=1S/C14H15NO/c1-3-9-14(11-15,10-4-2)12-7-5-6-8-13(12)16/h3-8,16H,1-2,9-10H2. The van der Waals surface area contributed by atoms with Crippen LogP contribution in [0.2, 0.25) is 0 Å². The van der Waals surface area contributed by atoms with E-state index in [2.05, 4.69) is 19.2 Å². The van der Waals surface area contributed by atoms with Crippen LogP contribution in [0, 0.1) is 11.3 Å². The molecule has 0 bridgehead atoms. The minimum atomic E-state index is -0.755. The molecule has 0 aliphatic heterocycles. The van der Waals surface area contributed by atoms with E-state index < -0.39 is 5.41 Å². The summed E-state index contributed by atoms with van der Waals surface area (Å²) in [5, 5.41) is 19.2. The van der Waals surface area contributed by atoms with Gasteiger partial charge >= 0.3 is 0 Å². The number of hydrogen-bond acceptors (Lipinski definition) is 2.